The van der Waals surface area contributed by atoms with E-state index in [2.05, 4.69) is 36.5 Å². The minimum atomic E-state index is -0.153. The third kappa shape index (κ3) is 5.18. The van der Waals surface area contributed by atoms with Gasteiger partial charge in [-0.05, 0) is 59.3 Å². The highest BCUT2D eigenvalue weighted by molar-refractivity contribution is 9.10. The van der Waals surface area contributed by atoms with Gasteiger partial charge in [-0.1, -0.05) is 17.3 Å². The zero-order valence-corrected chi connectivity index (χ0v) is 18.4. The summed E-state index contributed by atoms with van der Waals surface area (Å²) < 4.78 is 13.3. The lowest BCUT2D eigenvalue weighted by molar-refractivity contribution is -0.116. The number of nitrogens with one attached hydrogen (secondary N) is 1. The molecule has 1 N–H and O–H groups in total. The number of rotatable bonds is 8. The third-order valence-electron chi connectivity index (χ3n) is 4.43. The van der Waals surface area contributed by atoms with Crippen LogP contribution in [0.3, 0.4) is 0 Å². The Labute approximate surface area is 187 Å². The summed E-state index contributed by atoms with van der Waals surface area (Å²) in [5.41, 5.74) is 2.27. The molecular formula is C22H20BrN5O3. The van der Waals surface area contributed by atoms with Crippen LogP contribution in [0.2, 0.25) is 0 Å². The van der Waals surface area contributed by atoms with Crippen LogP contribution in [-0.2, 0) is 11.2 Å². The number of carbonyl (C=O) groups excluding carboxylic acids is 1. The van der Waals surface area contributed by atoms with E-state index in [9.17, 15) is 4.79 Å². The number of carbonyl (C=O) groups is 1. The summed E-state index contributed by atoms with van der Waals surface area (Å²) in [5.74, 6) is 1.52. The fourth-order valence-electron chi connectivity index (χ4n) is 2.99. The fraction of sp³-hybridized carbons (Fsp3) is 0.182. The number of halogens is 1. The van der Waals surface area contributed by atoms with Crippen LogP contribution in [-0.4, -0.2) is 32.4 Å². The van der Waals surface area contributed by atoms with Gasteiger partial charge in [-0.3, -0.25) is 4.79 Å². The van der Waals surface area contributed by atoms with Gasteiger partial charge in [0.15, 0.2) is 0 Å². The van der Waals surface area contributed by atoms with Crippen molar-refractivity contribution in [1.82, 2.24) is 19.9 Å². The first-order valence-corrected chi connectivity index (χ1v) is 10.6. The number of para-hydroxylation sites is 2. The molecule has 0 saturated carbocycles. The molecule has 0 spiro atoms. The molecule has 0 fully saturated rings. The maximum atomic E-state index is 12.5. The molecule has 31 heavy (non-hydrogen) atoms. The number of anilines is 1. The second kappa shape index (κ2) is 9.57. The topological polar surface area (TPSA) is 95.1 Å². The van der Waals surface area contributed by atoms with Crippen LogP contribution >= 0.6 is 15.9 Å². The Morgan fingerprint density at radius 2 is 2.00 bits per heavy atom. The average molecular weight is 482 g/mol. The van der Waals surface area contributed by atoms with Crippen LogP contribution in [0.25, 0.3) is 17.1 Å². The molecule has 0 atom stereocenters. The molecule has 2 aromatic heterocycles. The first kappa shape index (κ1) is 20.8. The van der Waals surface area contributed by atoms with Crippen molar-refractivity contribution in [3.63, 3.8) is 0 Å². The first-order chi connectivity index (χ1) is 15.1. The number of ether oxygens (including phenoxy) is 1. The molecule has 158 valence electrons. The molecule has 0 unspecified atom stereocenters. The Hall–Kier alpha value is -3.46. The Morgan fingerprint density at radius 1 is 1.19 bits per heavy atom. The second-order valence-electron chi connectivity index (χ2n) is 6.64. The fourth-order valence-corrected chi connectivity index (χ4v) is 3.27. The van der Waals surface area contributed by atoms with Crippen LogP contribution in [0.1, 0.15) is 19.2 Å². The summed E-state index contributed by atoms with van der Waals surface area (Å²) >= 11 is 3.38. The number of nitrogens with zero attached hydrogens (tertiary/aromatic N) is 4. The van der Waals surface area contributed by atoms with Crippen molar-refractivity contribution in [1.29, 1.82) is 0 Å². The molecule has 2 heterocycles. The number of aryl methyl sites for hydroxylation is 1. The Balaban J connectivity index is 1.37. The molecule has 4 aromatic rings. The molecule has 8 nitrogen and oxygen atoms in total. The van der Waals surface area contributed by atoms with Gasteiger partial charge in [-0.15, -0.1) is 0 Å². The van der Waals surface area contributed by atoms with Crippen molar-refractivity contribution in [2.24, 2.45) is 0 Å². The van der Waals surface area contributed by atoms with Crippen LogP contribution in [0, 0.1) is 0 Å². The van der Waals surface area contributed by atoms with E-state index in [1.165, 1.54) is 0 Å². The molecular weight excluding hydrogens is 462 g/mol. The maximum absolute atomic E-state index is 12.5. The minimum absolute atomic E-state index is 0.153. The van der Waals surface area contributed by atoms with Gasteiger partial charge < -0.3 is 14.6 Å². The van der Waals surface area contributed by atoms with Crippen LogP contribution in [0.5, 0.6) is 5.75 Å². The largest absolute Gasteiger partial charge is 0.494 e. The molecule has 0 aliphatic carbocycles. The standard InChI is InChI=1S/C22H20BrN5O3/c1-2-30-17-9-7-15(8-10-17)22-26-21(31-27-22)12-11-20(29)25-18-5-3-4-6-19(18)28-14-16(23)13-24-28/h3-10,13-14H,2,11-12H2,1H3,(H,25,29). The molecule has 2 aromatic carbocycles. The van der Waals surface area contributed by atoms with E-state index in [0.717, 1.165) is 21.5 Å². The van der Waals surface area contributed by atoms with E-state index in [1.807, 2.05) is 61.7 Å². The van der Waals surface area contributed by atoms with E-state index in [0.29, 0.717) is 30.4 Å². The van der Waals surface area contributed by atoms with Gasteiger partial charge in [0.1, 0.15) is 5.75 Å². The lowest BCUT2D eigenvalue weighted by Crippen LogP contribution is -2.14. The maximum Gasteiger partial charge on any atom is 0.227 e. The predicted molar refractivity (Wildman–Crippen MR) is 119 cm³/mol. The van der Waals surface area contributed by atoms with Crippen molar-refractivity contribution in [2.45, 2.75) is 19.8 Å². The summed E-state index contributed by atoms with van der Waals surface area (Å²) in [6.07, 6.45) is 4.06. The first-order valence-electron chi connectivity index (χ1n) is 9.77. The smallest absolute Gasteiger partial charge is 0.227 e. The monoisotopic (exact) mass is 481 g/mol. The zero-order valence-electron chi connectivity index (χ0n) is 16.8. The van der Waals surface area contributed by atoms with Gasteiger partial charge in [-0.2, -0.15) is 10.1 Å². The highest BCUT2D eigenvalue weighted by Gasteiger charge is 2.13. The zero-order chi connectivity index (χ0) is 21.6. The van der Waals surface area contributed by atoms with Crippen molar-refractivity contribution >= 4 is 27.5 Å². The van der Waals surface area contributed by atoms with Crippen molar-refractivity contribution < 1.29 is 14.1 Å². The van der Waals surface area contributed by atoms with E-state index in [1.54, 1.807) is 10.9 Å². The SMILES string of the molecule is CCOc1ccc(-c2noc(CCC(=O)Nc3ccccc3-n3cc(Br)cn3)n2)cc1. The molecule has 4 rings (SSSR count). The number of amides is 1. The molecule has 0 aliphatic rings. The van der Waals surface area contributed by atoms with Crippen molar-refractivity contribution in [2.75, 3.05) is 11.9 Å². The van der Waals surface area contributed by atoms with E-state index in [-0.39, 0.29) is 12.3 Å². The third-order valence-corrected chi connectivity index (χ3v) is 4.84. The lowest BCUT2D eigenvalue weighted by atomic mass is 10.2. The average Bonchev–Trinajstić information content (AvgIpc) is 3.43. The van der Waals surface area contributed by atoms with Gasteiger partial charge >= 0.3 is 0 Å². The number of hydrogen-bond acceptors (Lipinski definition) is 6. The van der Waals surface area contributed by atoms with Crippen molar-refractivity contribution in [3.8, 4) is 22.8 Å². The lowest BCUT2D eigenvalue weighted by Gasteiger charge is -2.10. The summed E-state index contributed by atoms with van der Waals surface area (Å²) in [6.45, 7) is 2.54. The van der Waals surface area contributed by atoms with E-state index >= 15 is 0 Å². The number of hydrogen-bond donors (Lipinski definition) is 1. The predicted octanol–water partition coefficient (Wildman–Crippen LogP) is 4.65. The molecule has 0 saturated heterocycles. The molecule has 0 bridgehead atoms. The normalized spacial score (nSPS) is 10.8. The van der Waals surface area contributed by atoms with Gasteiger partial charge in [-0.25, -0.2) is 4.68 Å². The Bertz CT molecular complexity index is 1170. The Morgan fingerprint density at radius 3 is 2.74 bits per heavy atom. The van der Waals surface area contributed by atoms with Gasteiger partial charge in [0.25, 0.3) is 0 Å². The van der Waals surface area contributed by atoms with Gasteiger partial charge in [0.2, 0.25) is 17.6 Å². The highest BCUT2D eigenvalue weighted by Crippen LogP contribution is 2.22. The van der Waals surface area contributed by atoms with Crippen LogP contribution < -0.4 is 10.1 Å². The molecule has 0 aliphatic heterocycles. The molecule has 1 amide bonds. The quantitative estimate of drug-likeness (QED) is 0.393. The minimum Gasteiger partial charge on any atom is -0.494 e. The Kier molecular flexibility index (Phi) is 6.42. The second-order valence-corrected chi connectivity index (χ2v) is 7.55. The van der Waals surface area contributed by atoms with Crippen LogP contribution in [0.4, 0.5) is 5.69 Å². The van der Waals surface area contributed by atoms with E-state index in [4.69, 9.17) is 9.26 Å². The summed E-state index contributed by atoms with van der Waals surface area (Å²) in [4.78, 5) is 16.9. The molecule has 0 radical (unpaired) electrons. The summed E-state index contributed by atoms with van der Waals surface area (Å²) in [6, 6.07) is 14.9. The number of aromatic nitrogens is 4. The van der Waals surface area contributed by atoms with Crippen molar-refractivity contribution in [3.05, 3.63) is 71.3 Å². The summed E-state index contributed by atoms with van der Waals surface area (Å²) in [7, 11) is 0. The van der Waals surface area contributed by atoms with Crippen LogP contribution in [0.15, 0.2) is 69.9 Å². The number of benzene rings is 2. The van der Waals surface area contributed by atoms with Gasteiger partial charge in [0.05, 0.1) is 28.7 Å². The van der Waals surface area contributed by atoms with E-state index < -0.39 is 0 Å². The van der Waals surface area contributed by atoms with Gasteiger partial charge in [0, 0.05) is 24.6 Å². The summed E-state index contributed by atoms with van der Waals surface area (Å²) in [5, 5.41) is 11.2. The molecule has 9 heteroatoms. The highest BCUT2D eigenvalue weighted by atomic mass is 79.9.